The molecule has 1 N–H and O–H groups in total. The van der Waals surface area contributed by atoms with E-state index in [4.69, 9.17) is 0 Å². The molecular weight excluding hydrogens is 160 g/mol. The van der Waals surface area contributed by atoms with Crippen molar-refractivity contribution in [2.24, 2.45) is 0 Å². The zero-order chi connectivity index (χ0) is 9.68. The number of phenolic OH excluding ortho intramolecular Hbond substituents is 1. The van der Waals surface area contributed by atoms with Gasteiger partial charge in [0.05, 0.1) is 0 Å². The van der Waals surface area contributed by atoms with Crippen molar-refractivity contribution in [2.45, 2.75) is 26.7 Å². The van der Waals surface area contributed by atoms with E-state index in [9.17, 15) is 5.11 Å². The molecule has 0 atom stereocenters. The molecule has 0 bridgehead atoms. The summed E-state index contributed by atoms with van der Waals surface area (Å²) in [5.74, 6) is 0.412. The van der Waals surface area contributed by atoms with E-state index in [1.165, 1.54) is 5.56 Å². The number of hydrogen-bond donors (Lipinski definition) is 1. The van der Waals surface area contributed by atoms with Crippen LogP contribution in [0.4, 0.5) is 0 Å². The van der Waals surface area contributed by atoms with E-state index in [0.717, 1.165) is 18.4 Å². The van der Waals surface area contributed by atoms with Crippen LogP contribution in [-0.4, -0.2) is 5.11 Å². The highest BCUT2D eigenvalue weighted by Crippen LogP contribution is 2.19. The average molecular weight is 176 g/mol. The molecule has 0 aromatic heterocycles. The second kappa shape index (κ2) is 4.70. The molecule has 0 saturated heterocycles. The van der Waals surface area contributed by atoms with Gasteiger partial charge in [-0.3, -0.25) is 0 Å². The van der Waals surface area contributed by atoms with Crippen LogP contribution in [0.25, 0.3) is 0 Å². The van der Waals surface area contributed by atoms with E-state index in [1.807, 2.05) is 32.1 Å². The van der Waals surface area contributed by atoms with Gasteiger partial charge in [0, 0.05) is 0 Å². The standard InChI is InChI=1S/C12H16O/c1-3-4-5-6-11-9-10(2)7-8-12(11)13/h3-4,7-9,13H,5-6H2,1-2H3/b4-3-. The normalized spacial score (nSPS) is 10.9. The zero-order valence-electron chi connectivity index (χ0n) is 8.25. The molecule has 1 rings (SSSR count). The van der Waals surface area contributed by atoms with Crippen molar-refractivity contribution in [3.63, 3.8) is 0 Å². The Hall–Kier alpha value is -1.24. The quantitative estimate of drug-likeness (QED) is 0.701. The van der Waals surface area contributed by atoms with E-state index in [1.54, 1.807) is 6.07 Å². The maximum Gasteiger partial charge on any atom is 0.118 e. The molecule has 0 aliphatic rings. The molecule has 70 valence electrons. The number of benzene rings is 1. The average Bonchev–Trinajstić information content (AvgIpc) is 2.11. The zero-order valence-corrected chi connectivity index (χ0v) is 8.25. The molecule has 0 unspecified atom stereocenters. The fourth-order valence-electron chi connectivity index (χ4n) is 1.32. The second-order valence-corrected chi connectivity index (χ2v) is 3.24. The Balaban J connectivity index is 2.69. The van der Waals surface area contributed by atoms with Crippen LogP contribution in [0.2, 0.25) is 0 Å². The fraction of sp³-hybridized carbons (Fsp3) is 0.333. The van der Waals surface area contributed by atoms with Gasteiger partial charge in [-0.05, 0) is 38.3 Å². The monoisotopic (exact) mass is 176 g/mol. The summed E-state index contributed by atoms with van der Waals surface area (Å²) in [7, 11) is 0. The summed E-state index contributed by atoms with van der Waals surface area (Å²) < 4.78 is 0. The summed E-state index contributed by atoms with van der Waals surface area (Å²) in [6, 6.07) is 5.73. The maximum absolute atomic E-state index is 9.51. The van der Waals surface area contributed by atoms with Crippen LogP contribution in [0.15, 0.2) is 30.4 Å². The number of rotatable bonds is 3. The molecule has 0 aliphatic heterocycles. The molecule has 0 heterocycles. The Bertz CT molecular complexity index is 300. The summed E-state index contributed by atoms with van der Waals surface area (Å²) in [5, 5.41) is 9.51. The minimum absolute atomic E-state index is 0.412. The van der Waals surface area contributed by atoms with Crippen molar-refractivity contribution in [3.05, 3.63) is 41.5 Å². The summed E-state index contributed by atoms with van der Waals surface area (Å²) in [4.78, 5) is 0. The van der Waals surface area contributed by atoms with Crippen LogP contribution in [0.5, 0.6) is 5.75 Å². The Morgan fingerprint density at radius 3 is 2.85 bits per heavy atom. The van der Waals surface area contributed by atoms with Crippen LogP contribution in [0, 0.1) is 6.92 Å². The lowest BCUT2D eigenvalue weighted by Gasteiger charge is -2.03. The predicted molar refractivity (Wildman–Crippen MR) is 56.0 cm³/mol. The van der Waals surface area contributed by atoms with Crippen LogP contribution in [0.1, 0.15) is 24.5 Å². The maximum atomic E-state index is 9.51. The summed E-state index contributed by atoms with van der Waals surface area (Å²) in [5.41, 5.74) is 2.24. The van der Waals surface area contributed by atoms with E-state index >= 15 is 0 Å². The van der Waals surface area contributed by atoms with E-state index in [-0.39, 0.29) is 0 Å². The number of allylic oxidation sites excluding steroid dienone is 2. The minimum Gasteiger partial charge on any atom is -0.508 e. The molecule has 0 aliphatic carbocycles. The van der Waals surface area contributed by atoms with Gasteiger partial charge < -0.3 is 5.11 Å². The van der Waals surface area contributed by atoms with Gasteiger partial charge in [-0.15, -0.1) is 0 Å². The van der Waals surface area contributed by atoms with Gasteiger partial charge in [0.15, 0.2) is 0 Å². The number of phenols is 1. The van der Waals surface area contributed by atoms with Crippen LogP contribution in [0.3, 0.4) is 0 Å². The predicted octanol–water partition coefficient (Wildman–Crippen LogP) is 3.21. The second-order valence-electron chi connectivity index (χ2n) is 3.24. The third kappa shape index (κ3) is 2.94. The molecule has 0 amide bonds. The van der Waals surface area contributed by atoms with E-state index < -0.39 is 0 Å². The van der Waals surface area contributed by atoms with Gasteiger partial charge in [-0.1, -0.05) is 29.8 Å². The molecule has 0 spiro atoms. The molecular formula is C12H16O. The van der Waals surface area contributed by atoms with Crippen molar-refractivity contribution in [1.29, 1.82) is 0 Å². The molecule has 0 fully saturated rings. The highest BCUT2D eigenvalue weighted by Gasteiger charge is 1.99. The van der Waals surface area contributed by atoms with Crippen LogP contribution < -0.4 is 0 Å². The van der Waals surface area contributed by atoms with E-state index in [2.05, 4.69) is 6.08 Å². The molecule has 0 saturated carbocycles. The highest BCUT2D eigenvalue weighted by molar-refractivity contribution is 5.35. The van der Waals surface area contributed by atoms with Crippen molar-refractivity contribution in [1.82, 2.24) is 0 Å². The van der Waals surface area contributed by atoms with E-state index in [0.29, 0.717) is 5.75 Å². The Labute approximate surface area is 79.7 Å². The largest absolute Gasteiger partial charge is 0.508 e. The van der Waals surface area contributed by atoms with Crippen molar-refractivity contribution < 1.29 is 5.11 Å². The summed E-state index contributed by atoms with van der Waals surface area (Å²) >= 11 is 0. The topological polar surface area (TPSA) is 20.2 Å². The molecule has 1 nitrogen and oxygen atoms in total. The number of aromatic hydroxyl groups is 1. The first-order valence-corrected chi connectivity index (χ1v) is 4.63. The van der Waals surface area contributed by atoms with Gasteiger partial charge in [0.25, 0.3) is 0 Å². The molecule has 0 radical (unpaired) electrons. The summed E-state index contributed by atoms with van der Waals surface area (Å²) in [6.07, 6.45) is 6.06. The first-order chi connectivity index (χ1) is 6.24. The molecule has 1 aromatic carbocycles. The lowest BCUT2D eigenvalue weighted by molar-refractivity contribution is 0.468. The molecule has 13 heavy (non-hydrogen) atoms. The SMILES string of the molecule is C/C=C\CCc1cc(C)ccc1O. The van der Waals surface area contributed by atoms with Crippen molar-refractivity contribution in [2.75, 3.05) is 0 Å². The number of hydrogen-bond acceptors (Lipinski definition) is 1. The smallest absolute Gasteiger partial charge is 0.118 e. The van der Waals surface area contributed by atoms with Gasteiger partial charge in [0.1, 0.15) is 5.75 Å². The Morgan fingerprint density at radius 2 is 2.15 bits per heavy atom. The number of aryl methyl sites for hydroxylation is 2. The Kier molecular flexibility index (Phi) is 3.56. The van der Waals surface area contributed by atoms with Gasteiger partial charge in [-0.2, -0.15) is 0 Å². The van der Waals surface area contributed by atoms with Crippen molar-refractivity contribution in [3.8, 4) is 5.75 Å². The first kappa shape index (κ1) is 9.85. The summed E-state index contributed by atoms with van der Waals surface area (Å²) in [6.45, 7) is 4.05. The molecule has 1 heteroatoms. The molecule has 1 aromatic rings. The third-order valence-electron chi connectivity index (χ3n) is 2.05. The lowest BCUT2D eigenvalue weighted by Crippen LogP contribution is -1.85. The lowest BCUT2D eigenvalue weighted by atomic mass is 10.1. The van der Waals surface area contributed by atoms with Gasteiger partial charge >= 0.3 is 0 Å². The minimum atomic E-state index is 0.412. The Morgan fingerprint density at radius 1 is 1.38 bits per heavy atom. The third-order valence-corrected chi connectivity index (χ3v) is 2.05. The van der Waals surface area contributed by atoms with Crippen molar-refractivity contribution >= 4 is 0 Å². The fourth-order valence-corrected chi connectivity index (χ4v) is 1.32. The highest BCUT2D eigenvalue weighted by atomic mass is 16.3. The van der Waals surface area contributed by atoms with Crippen LogP contribution >= 0.6 is 0 Å². The first-order valence-electron chi connectivity index (χ1n) is 4.63. The van der Waals surface area contributed by atoms with Crippen LogP contribution in [-0.2, 0) is 6.42 Å². The van der Waals surface area contributed by atoms with Gasteiger partial charge in [0.2, 0.25) is 0 Å². The van der Waals surface area contributed by atoms with Gasteiger partial charge in [-0.25, -0.2) is 0 Å².